The SMILES string of the molecule is CC(C)Oc1ccccc1CNC(=O)c1cnc(-c2cccs2)s1. The molecular weight excluding hydrogens is 340 g/mol. The molecule has 0 radical (unpaired) electrons. The highest BCUT2D eigenvalue weighted by Crippen LogP contribution is 2.29. The summed E-state index contributed by atoms with van der Waals surface area (Å²) in [6.07, 6.45) is 1.72. The summed E-state index contributed by atoms with van der Waals surface area (Å²) in [4.78, 5) is 18.4. The molecule has 0 bridgehead atoms. The van der Waals surface area contributed by atoms with Crippen molar-refractivity contribution in [3.05, 3.63) is 58.4 Å². The lowest BCUT2D eigenvalue weighted by Crippen LogP contribution is -2.22. The van der Waals surface area contributed by atoms with E-state index in [1.54, 1.807) is 17.5 Å². The zero-order chi connectivity index (χ0) is 16.9. The summed E-state index contributed by atoms with van der Waals surface area (Å²) in [5, 5.41) is 5.82. The Morgan fingerprint density at radius 1 is 1.25 bits per heavy atom. The molecule has 3 rings (SSSR count). The lowest BCUT2D eigenvalue weighted by atomic mass is 10.2. The van der Waals surface area contributed by atoms with E-state index in [-0.39, 0.29) is 12.0 Å². The molecule has 1 N–H and O–H groups in total. The Hall–Kier alpha value is -2.18. The largest absolute Gasteiger partial charge is 0.491 e. The number of thiazole rings is 1. The topological polar surface area (TPSA) is 51.2 Å². The molecule has 2 aromatic heterocycles. The molecule has 6 heteroatoms. The molecule has 24 heavy (non-hydrogen) atoms. The van der Waals surface area contributed by atoms with Crippen molar-refractivity contribution < 1.29 is 9.53 Å². The van der Waals surface area contributed by atoms with E-state index in [0.717, 1.165) is 21.2 Å². The lowest BCUT2D eigenvalue weighted by molar-refractivity contribution is 0.0954. The average Bonchev–Trinajstić information content (AvgIpc) is 3.24. The van der Waals surface area contributed by atoms with Crippen LogP contribution >= 0.6 is 22.7 Å². The number of ether oxygens (including phenoxy) is 1. The van der Waals surface area contributed by atoms with E-state index in [1.165, 1.54) is 11.3 Å². The number of carbonyl (C=O) groups excluding carboxylic acids is 1. The van der Waals surface area contributed by atoms with Gasteiger partial charge in [0.15, 0.2) is 0 Å². The minimum absolute atomic E-state index is 0.0942. The van der Waals surface area contributed by atoms with E-state index in [9.17, 15) is 4.79 Å². The zero-order valence-corrected chi connectivity index (χ0v) is 15.1. The molecule has 3 aromatic rings. The van der Waals surface area contributed by atoms with Crippen LogP contribution in [0, 0.1) is 0 Å². The van der Waals surface area contributed by atoms with Gasteiger partial charge in [-0.3, -0.25) is 4.79 Å². The van der Waals surface area contributed by atoms with E-state index in [1.807, 2.05) is 55.6 Å². The standard InChI is InChI=1S/C18H18N2O2S2/c1-12(2)22-14-7-4-3-6-13(14)10-19-17(21)16-11-20-18(24-16)15-8-5-9-23-15/h3-9,11-12H,10H2,1-2H3,(H,19,21). The van der Waals surface area contributed by atoms with Crippen molar-refractivity contribution in [3.8, 4) is 15.6 Å². The first kappa shape index (κ1) is 16.7. The van der Waals surface area contributed by atoms with Crippen molar-refractivity contribution in [2.24, 2.45) is 0 Å². The second kappa shape index (κ2) is 7.59. The van der Waals surface area contributed by atoms with Gasteiger partial charge in [-0.15, -0.1) is 22.7 Å². The van der Waals surface area contributed by atoms with E-state index in [2.05, 4.69) is 10.3 Å². The predicted octanol–water partition coefficient (Wildman–Crippen LogP) is 4.59. The molecule has 124 valence electrons. The number of nitrogens with zero attached hydrogens (tertiary/aromatic N) is 1. The van der Waals surface area contributed by atoms with Crippen LogP contribution in [0.1, 0.15) is 29.1 Å². The Labute approximate surface area is 149 Å². The van der Waals surface area contributed by atoms with Crippen molar-refractivity contribution in [1.82, 2.24) is 10.3 Å². The maximum atomic E-state index is 12.4. The third kappa shape index (κ3) is 4.01. The minimum atomic E-state index is -0.116. The number of hydrogen-bond acceptors (Lipinski definition) is 5. The number of hydrogen-bond donors (Lipinski definition) is 1. The van der Waals surface area contributed by atoms with Gasteiger partial charge in [-0.1, -0.05) is 24.3 Å². The summed E-state index contributed by atoms with van der Waals surface area (Å²) >= 11 is 3.02. The fourth-order valence-electron chi connectivity index (χ4n) is 2.17. The average molecular weight is 358 g/mol. The first-order valence-electron chi connectivity index (χ1n) is 7.66. The number of aromatic nitrogens is 1. The van der Waals surface area contributed by atoms with Gasteiger partial charge in [0.05, 0.1) is 17.2 Å². The van der Waals surface area contributed by atoms with Crippen LogP contribution in [-0.4, -0.2) is 17.0 Å². The number of benzene rings is 1. The summed E-state index contributed by atoms with van der Waals surface area (Å²) in [6, 6.07) is 11.7. The molecule has 2 heterocycles. The maximum absolute atomic E-state index is 12.4. The van der Waals surface area contributed by atoms with Crippen molar-refractivity contribution in [1.29, 1.82) is 0 Å². The van der Waals surface area contributed by atoms with Crippen LogP contribution in [0.25, 0.3) is 9.88 Å². The van der Waals surface area contributed by atoms with Crippen LogP contribution in [0.2, 0.25) is 0 Å². The third-order valence-electron chi connectivity index (χ3n) is 3.24. The van der Waals surface area contributed by atoms with Crippen LogP contribution in [0.4, 0.5) is 0 Å². The minimum Gasteiger partial charge on any atom is -0.491 e. The Morgan fingerprint density at radius 3 is 2.83 bits per heavy atom. The summed E-state index contributed by atoms with van der Waals surface area (Å²) in [7, 11) is 0. The monoisotopic (exact) mass is 358 g/mol. The van der Waals surface area contributed by atoms with Crippen LogP contribution in [0.3, 0.4) is 0 Å². The van der Waals surface area contributed by atoms with Gasteiger partial charge >= 0.3 is 0 Å². The molecular formula is C18H18N2O2S2. The fourth-order valence-corrected chi connectivity index (χ4v) is 3.81. The van der Waals surface area contributed by atoms with Crippen LogP contribution < -0.4 is 10.1 Å². The van der Waals surface area contributed by atoms with Gasteiger partial charge < -0.3 is 10.1 Å². The Bertz CT molecular complexity index is 810. The van der Waals surface area contributed by atoms with E-state index < -0.39 is 0 Å². The fraction of sp³-hybridized carbons (Fsp3) is 0.222. The molecule has 1 aromatic carbocycles. The van der Waals surface area contributed by atoms with Crippen LogP contribution in [0.5, 0.6) is 5.75 Å². The number of para-hydroxylation sites is 1. The normalized spacial score (nSPS) is 10.8. The number of amides is 1. The van der Waals surface area contributed by atoms with Gasteiger partial charge in [0.2, 0.25) is 0 Å². The predicted molar refractivity (Wildman–Crippen MR) is 98.8 cm³/mol. The van der Waals surface area contributed by atoms with Crippen molar-refractivity contribution in [3.63, 3.8) is 0 Å². The van der Waals surface area contributed by atoms with Gasteiger partial charge in [0.25, 0.3) is 5.91 Å². The quantitative estimate of drug-likeness (QED) is 0.701. The summed E-state index contributed by atoms with van der Waals surface area (Å²) in [6.45, 7) is 4.39. The van der Waals surface area contributed by atoms with Crippen LogP contribution in [0.15, 0.2) is 48.0 Å². The van der Waals surface area contributed by atoms with Crippen LogP contribution in [-0.2, 0) is 6.54 Å². The lowest BCUT2D eigenvalue weighted by Gasteiger charge is -2.14. The molecule has 0 saturated carbocycles. The maximum Gasteiger partial charge on any atom is 0.263 e. The van der Waals surface area contributed by atoms with Gasteiger partial charge in [-0.05, 0) is 31.4 Å². The van der Waals surface area contributed by atoms with Crippen molar-refractivity contribution in [2.45, 2.75) is 26.5 Å². The molecule has 0 fully saturated rings. The second-order valence-corrected chi connectivity index (χ2v) is 7.44. The smallest absolute Gasteiger partial charge is 0.263 e. The molecule has 0 saturated heterocycles. The Kier molecular flexibility index (Phi) is 5.27. The Balaban J connectivity index is 1.66. The summed E-state index contributed by atoms with van der Waals surface area (Å²) in [5.41, 5.74) is 0.961. The highest BCUT2D eigenvalue weighted by Gasteiger charge is 2.13. The van der Waals surface area contributed by atoms with E-state index >= 15 is 0 Å². The first-order chi connectivity index (χ1) is 11.6. The molecule has 0 aliphatic heterocycles. The molecule has 0 atom stereocenters. The van der Waals surface area contributed by atoms with Gasteiger partial charge in [0, 0.05) is 12.1 Å². The number of thiophene rings is 1. The van der Waals surface area contributed by atoms with E-state index in [4.69, 9.17) is 4.74 Å². The third-order valence-corrected chi connectivity index (χ3v) is 5.27. The van der Waals surface area contributed by atoms with Gasteiger partial charge in [-0.25, -0.2) is 4.98 Å². The molecule has 4 nitrogen and oxygen atoms in total. The van der Waals surface area contributed by atoms with Crippen molar-refractivity contribution in [2.75, 3.05) is 0 Å². The second-order valence-electron chi connectivity index (χ2n) is 5.46. The van der Waals surface area contributed by atoms with Gasteiger partial charge in [-0.2, -0.15) is 0 Å². The number of nitrogens with one attached hydrogen (secondary N) is 1. The number of carbonyl (C=O) groups is 1. The van der Waals surface area contributed by atoms with E-state index in [0.29, 0.717) is 11.4 Å². The molecule has 0 aliphatic carbocycles. The zero-order valence-electron chi connectivity index (χ0n) is 13.5. The molecule has 1 amide bonds. The van der Waals surface area contributed by atoms with Gasteiger partial charge in [0.1, 0.15) is 15.6 Å². The molecule has 0 unspecified atom stereocenters. The first-order valence-corrected chi connectivity index (χ1v) is 9.35. The van der Waals surface area contributed by atoms with Crippen molar-refractivity contribution >= 4 is 28.6 Å². The molecule has 0 spiro atoms. The highest BCUT2D eigenvalue weighted by molar-refractivity contribution is 7.21. The number of rotatable bonds is 6. The molecule has 0 aliphatic rings. The summed E-state index contributed by atoms with van der Waals surface area (Å²) in [5.74, 6) is 0.686. The Morgan fingerprint density at radius 2 is 2.08 bits per heavy atom. The highest BCUT2D eigenvalue weighted by atomic mass is 32.1. The summed E-state index contributed by atoms with van der Waals surface area (Å²) < 4.78 is 5.78.